The molecule has 3 nitrogen and oxygen atoms in total. The lowest BCUT2D eigenvalue weighted by molar-refractivity contribution is 0.0699. The lowest BCUT2D eigenvalue weighted by Gasteiger charge is -2.42. The first-order valence-corrected chi connectivity index (χ1v) is 7.38. The van der Waals surface area contributed by atoms with Gasteiger partial charge in [0.05, 0.1) is 0 Å². The van der Waals surface area contributed by atoms with Crippen LogP contribution in [0.5, 0.6) is 0 Å². The van der Waals surface area contributed by atoms with E-state index in [1.54, 1.807) is 0 Å². The molecule has 2 atom stereocenters. The molecule has 1 aliphatic heterocycles. The Hall–Kier alpha value is -0.120. The molecule has 1 heterocycles. The van der Waals surface area contributed by atoms with Crippen molar-refractivity contribution < 1.29 is 0 Å². The third-order valence-electron chi connectivity index (χ3n) is 4.65. The second-order valence-corrected chi connectivity index (χ2v) is 6.03. The highest BCUT2D eigenvalue weighted by Crippen LogP contribution is 2.28. The SMILES string of the molecule is CC1CCN(C)CC(CN)N1C1CCCCC1. The molecule has 0 bridgehead atoms. The zero-order valence-electron chi connectivity index (χ0n) is 11.6. The highest BCUT2D eigenvalue weighted by Gasteiger charge is 2.33. The van der Waals surface area contributed by atoms with Crippen LogP contribution in [0.3, 0.4) is 0 Å². The van der Waals surface area contributed by atoms with Crippen molar-refractivity contribution in [2.24, 2.45) is 5.73 Å². The van der Waals surface area contributed by atoms with Gasteiger partial charge in [-0.25, -0.2) is 0 Å². The number of hydrogen-bond donors (Lipinski definition) is 1. The highest BCUT2D eigenvalue weighted by atomic mass is 15.3. The summed E-state index contributed by atoms with van der Waals surface area (Å²) in [4.78, 5) is 5.22. The second kappa shape index (κ2) is 6.17. The Balaban J connectivity index is 2.07. The Bertz CT molecular complexity index is 226. The zero-order valence-corrected chi connectivity index (χ0v) is 11.6. The molecular formula is C14H29N3. The van der Waals surface area contributed by atoms with Crippen molar-refractivity contribution in [1.82, 2.24) is 9.80 Å². The van der Waals surface area contributed by atoms with E-state index in [0.717, 1.165) is 19.1 Å². The standard InChI is InChI=1S/C14H29N3/c1-12-8-9-16(2)11-14(10-15)17(12)13-6-4-3-5-7-13/h12-14H,3-11,15H2,1-2H3. The molecule has 0 aromatic heterocycles. The van der Waals surface area contributed by atoms with Gasteiger partial charge in [0.1, 0.15) is 0 Å². The molecule has 0 amide bonds. The molecule has 17 heavy (non-hydrogen) atoms. The van der Waals surface area contributed by atoms with Gasteiger partial charge in [0, 0.05) is 31.2 Å². The van der Waals surface area contributed by atoms with E-state index in [4.69, 9.17) is 5.73 Å². The molecular weight excluding hydrogens is 210 g/mol. The molecule has 3 heteroatoms. The van der Waals surface area contributed by atoms with Gasteiger partial charge in [0.2, 0.25) is 0 Å². The zero-order chi connectivity index (χ0) is 12.3. The minimum absolute atomic E-state index is 0.570. The van der Waals surface area contributed by atoms with Gasteiger partial charge in [-0.3, -0.25) is 4.90 Å². The van der Waals surface area contributed by atoms with Crippen molar-refractivity contribution >= 4 is 0 Å². The minimum Gasteiger partial charge on any atom is -0.329 e. The van der Waals surface area contributed by atoms with E-state index < -0.39 is 0 Å². The van der Waals surface area contributed by atoms with Crippen LogP contribution in [-0.4, -0.2) is 54.6 Å². The van der Waals surface area contributed by atoms with Gasteiger partial charge in [-0.15, -0.1) is 0 Å². The van der Waals surface area contributed by atoms with E-state index in [-0.39, 0.29) is 0 Å². The summed E-state index contributed by atoms with van der Waals surface area (Å²) in [5, 5.41) is 0. The van der Waals surface area contributed by atoms with Gasteiger partial charge < -0.3 is 10.6 Å². The van der Waals surface area contributed by atoms with E-state index in [1.807, 2.05) is 0 Å². The lowest BCUT2D eigenvalue weighted by atomic mass is 9.91. The first-order valence-electron chi connectivity index (χ1n) is 7.38. The Morgan fingerprint density at radius 1 is 1.12 bits per heavy atom. The molecule has 2 rings (SSSR count). The van der Waals surface area contributed by atoms with Crippen LogP contribution >= 0.6 is 0 Å². The average Bonchev–Trinajstić information content (AvgIpc) is 2.50. The van der Waals surface area contributed by atoms with Crippen LogP contribution in [0.25, 0.3) is 0 Å². The quantitative estimate of drug-likeness (QED) is 0.795. The number of hydrogen-bond acceptors (Lipinski definition) is 3. The van der Waals surface area contributed by atoms with E-state index in [2.05, 4.69) is 23.8 Å². The van der Waals surface area contributed by atoms with Crippen LogP contribution in [-0.2, 0) is 0 Å². The molecule has 1 saturated carbocycles. The Kier molecular flexibility index (Phi) is 4.83. The van der Waals surface area contributed by atoms with Crippen LogP contribution in [0.1, 0.15) is 45.4 Å². The van der Waals surface area contributed by atoms with Crippen molar-refractivity contribution in [3.8, 4) is 0 Å². The fourth-order valence-electron chi connectivity index (χ4n) is 3.69. The van der Waals surface area contributed by atoms with Crippen molar-refractivity contribution in [3.05, 3.63) is 0 Å². The van der Waals surface area contributed by atoms with Crippen molar-refractivity contribution in [1.29, 1.82) is 0 Å². The Morgan fingerprint density at radius 3 is 2.47 bits per heavy atom. The molecule has 2 N–H and O–H groups in total. The van der Waals surface area contributed by atoms with Crippen LogP contribution in [0, 0.1) is 0 Å². The van der Waals surface area contributed by atoms with Crippen molar-refractivity contribution in [3.63, 3.8) is 0 Å². The van der Waals surface area contributed by atoms with Crippen LogP contribution in [0.4, 0.5) is 0 Å². The summed E-state index contributed by atoms with van der Waals surface area (Å²) >= 11 is 0. The largest absolute Gasteiger partial charge is 0.329 e. The molecule has 0 aromatic carbocycles. The molecule has 0 aromatic rings. The summed E-state index contributed by atoms with van der Waals surface area (Å²) < 4.78 is 0. The molecule has 0 spiro atoms. The van der Waals surface area contributed by atoms with Gasteiger partial charge in [-0.2, -0.15) is 0 Å². The Labute approximate surface area is 106 Å². The molecule has 100 valence electrons. The lowest BCUT2D eigenvalue weighted by Crippen LogP contribution is -2.53. The van der Waals surface area contributed by atoms with Gasteiger partial charge in [-0.1, -0.05) is 19.3 Å². The number of likely N-dealkylation sites (N-methyl/N-ethyl adjacent to an activating group) is 1. The van der Waals surface area contributed by atoms with Gasteiger partial charge >= 0.3 is 0 Å². The number of nitrogens with two attached hydrogens (primary N) is 1. The smallest absolute Gasteiger partial charge is 0.0351 e. The first kappa shape index (κ1) is 13.3. The predicted molar refractivity (Wildman–Crippen MR) is 73.1 cm³/mol. The average molecular weight is 239 g/mol. The Morgan fingerprint density at radius 2 is 1.82 bits per heavy atom. The van der Waals surface area contributed by atoms with E-state index in [9.17, 15) is 0 Å². The number of nitrogens with zero attached hydrogens (tertiary/aromatic N) is 2. The van der Waals surface area contributed by atoms with Gasteiger partial charge in [-0.05, 0) is 39.8 Å². The molecule has 2 fully saturated rings. The van der Waals surface area contributed by atoms with Crippen LogP contribution in [0.2, 0.25) is 0 Å². The molecule has 0 radical (unpaired) electrons. The predicted octanol–water partition coefficient (Wildman–Crippen LogP) is 1.67. The van der Waals surface area contributed by atoms with E-state index in [0.29, 0.717) is 12.1 Å². The fourth-order valence-corrected chi connectivity index (χ4v) is 3.69. The number of rotatable bonds is 2. The van der Waals surface area contributed by atoms with Gasteiger partial charge in [0.25, 0.3) is 0 Å². The maximum absolute atomic E-state index is 6.03. The van der Waals surface area contributed by atoms with Gasteiger partial charge in [0.15, 0.2) is 0 Å². The maximum Gasteiger partial charge on any atom is 0.0351 e. The fraction of sp³-hybridized carbons (Fsp3) is 1.00. The topological polar surface area (TPSA) is 32.5 Å². The second-order valence-electron chi connectivity index (χ2n) is 6.03. The molecule has 2 aliphatic rings. The summed E-state index contributed by atoms with van der Waals surface area (Å²) in [7, 11) is 2.24. The maximum atomic E-state index is 6.03. The third kappa shape index (κ3) is 3.21. The van der Waals surface area contributed by atoms with E-state index >= 15 is 0 Å². The third-order valence-corrected chi connectivity index (χ3v) is 4.65. The summed E-state index contributed by atoms with van der Waals surface area (Å²) in [6.45, 7) is 5.58. The van der Waals surface area contributed by atoms with Crippen molar-refractivity contribution in [2.45, 2.75) is 63.6 Å². The molecule has 1 saturated heterocycles. The monoisotopic (exact) mass is 239 g/mol. The summed E-state index contributed by atoms with van der Waals surface area (Å²) in [6, 6.07) is 2.08. The summed E-state index contributed by atoms with van der Waals surface area (Å²) in [5.74, 6) is 0. The minimum atomic E-state index is 0.570. The molecule has 2 unspecified atom stereocenters. The summed E-state index contributed by atoms with van der Waals surface area (Å²) in [5.41, 5.74) is 6.03. The normalized spacial score (nSPS) is 34.8. The summed E-state index contributed by atoms with van der Waals surface area (Å²) in [6.07, 6.45) is 8.35. The highest BCUT2D eigenvalue weighted by molar-refractivity contribution is 4.89. The van der Waals surface area contributed by atoms with E-state index in [1.165, 1.54) is 45.1 Å². The van der Waals surface area contributed by atoms with Crippen LogP contribution in [0.15, 0.2) is 0 Å². The van der Waals surface area contributed by atoms with Crippen LogP contribution < -0.4 is 5.73 Å². The van der Waals surface area contributed by atoms with Crippen molar-refractivity contribution in [2.75, 3.05) is 26.7 Å². The molecule has 1 aliphatic carbocycles. The first-order chi connectivity index (χ1) is 8.22.